The van der Waals surface area contributed by atoms with Crippen molar-refractivity contribution in [3.8, 4) is 11.5 Å². The first-order valence-corrected chi connectivity index (χ1v) is 9.75. The predicted molar refractivity (Wildman–Crippen MR) is 98.6 cm³/mol. The summed E-state index contributed by atoms with van der Waals surface area (Å²) in [5, 5.41) is 20.8. The van der Waals surface area contributed by atoms with Gasteiger partial charge in [0.1, 0.15) is 0 Å². The van der Waals surface area contributed by atoms with Gasteiger partial charge < -0.3 is 4.42 Å². The number of amides is 1. The van der Waals surface area contributed by atoms with E-state index in [4.69, 9.17) is 4.42 Å². The molecule has 0 aliphatic carbocycles. The van der Waals surface area contributed by atoms with Crippen LogP contribution in [0.5, 0.6) is 0 Å². The first kappa shape index (κ1) is 19.2. The minimum absolute atomic E-state index is 0.00526. The number of rotatable bonds is 5. The second kappa shape index (κ2) is 7.19. The lowest BCUT2D eigenvalue weighted by molar-refractivity contribution is -0.385. The lowest BCUT2D eigenvalue weighted by Crippen LogP contribution is -2.12. The highest BCUT2D eigenvalue weighted by Gasteiger charge is 2.20. The fourth-order valence-corrected chi connectivity index (χ4v) is 3.35. The molecule has 0 aliphatic heterocycles. The third-order valence-electron chi connectivity index (χ3n) is 3.83. The van der Waals surface area contributed by atoms with E-state index in [1.807, 2.05) is 0 Å². The van der Waals surface area contributed by atoms with Crippen LogP contribution in [-0.2, 0) is 9.84 Å². The van der Waals surface area contributed by atoms with E-state index in [2.05, 4.69) is 15.5 Å². The summed E-state index contributed by atoms with van der Waals surface area (Å²) in [4.78, 5) is 22.7. The second-order valence-corrected chi connectivity index (χ2v) is 7.88. The van der Waals surface area contributed by atoms with Gasteiger partial charge in [0.15, 0.2) is 9.84 Å². The number of nitrogens with zero attached hydrogens (tertiary/aromatic N) is 3. The van der Waals surface area contributed by atoms with E-state index in [1.54, 1.807) is 19.1 Å². The highest BCUT2D eigenvalue weighted by molar-refractivity contribution is 7.90. The van der Waals surface area contributed by atoms with E-state index in [0.29, 0.717) is 5.56 Å². The minimum Gasteiger partial charge on any atom is -0.403 e. The standard InChI is InChI=1S/C17H14N4O6S/c1-10-7-8-11(9-13(10)21(23)24)15(22)18-17-20-19-16(27-17)12-5-3-4-6-14(12)28(2,25)26/h3-9H,1-2H3,(H,18,20,22). The topological polar surface area (TPSA) is 145 Å². The first-order chi connectivity index (χ1) is 13.2. The number of hydrogen-bond donors (Lipinski definition) is 1. The van der Waals surface area contributed by atoms with Gasteiger partial charge in [-0.25, -0.2) is 8.42 Å². The molecule has 0 unspecified atom stereocenters. The van der Waals surface area contributed by atoms with Gasteiger partial charge in [-0.2, -0.15) is 0 Å². The Hall–Kier alpha value is -3.60. The average Bonchev–Trinajstić information content (AvgIpc) is 3.09. The average molecular weight is 402 g/mol. The maximum atomic E-state index is 12.3. The van der Waals surface area contributed by atoms with Gasteiger partial charge in [-0.15, -0.1) is 5.10 Å². The lowest BCUT2D eigenvalue weighted by Gasteiger charge is -2.04. The summed E-state index contributed by atoms with van der Waals surface area (Å²) >= 11 is 0. The number of carbonyl (C=O) groups is 1. The van der Waals surface area contributed by atoms with Crippen molar-refractivity contribution in [2.45, 2.75) is 11.8 Å². The number of sulfone groups is 1. The van der Waals surface area contributed by atoms with Crippen LogP contribution in [0.15, 0.2) is 51.8 Å². The molecule has 11 heteroatoms. The molecule has 0 atom stereocenters. The van der Waals surface area contributed by atoms with Crippen LogP contribution in [0.4, 0.5) is 11.7 Å². The predicted octanol–water partition coefficient (Wildman–Crippen LogP) is 2.61. The van der Waals surface area contributed by atoms with E-state index in [1.165, 1.54) is 24.3 Å². The van der Waals surface area contributed by atoms with Gasteiger partial charge in [0.25, 0.3) is 17.5 Å². The van der Waals surface area contributed by atoms with Gasteiger partial charge >= 0.3 is 6.01 Å². The second-order valence-electron chi connectivity index (χ2n) is 5.89. The van der Waals surface area contributed by atoms with E-state index in [0.717, 1.165) is 12.3 Å². The van der Waals surface area contributed by atoms with Crippen molar-refractivity contribution in [2.24, 2.45) is 0 Å². The molecule has 10 nitrogen and oxygen atoms in total. The number of hydrogen-bond acceptors (Lipinski definition) is 8. The Morgan fingerprint density at radius 1 is 1.18 bits per heavy atom. The fourth-order valence-electron chi connectivity index (χ4n) is 2.47. The molecule has 1 aromatic heterocycles. The fraction of sp³-hybridized carbons (Fsp3) is 0.118. The van der Waals surface area contributed by atoms with Gasteiger partial charge in [0.2, 0.25) is 0 Å². The molecule has 0 saturated carbocycles. The zero-order chi connectivity index (χ0) is 20.5. The number of nitro groups is 1. The summed E-state index contributed by atoms with van der Waals surface area (Å²) in [5.74, 6) is -0.777. The third-order valence-corrected chi connectivity index (χ3v) is 4.99. The minimum atomic E-state index is -3.53. The Balaban J connectivity index is 1.88. The molecule has 1 N–H and O–H groups in total. The molecule has 0 spiro atoms. The maximum Gasteiger partial charge on any atom is 0.322 e. The number of benzene rings is 2. The smallest absolute Gasteiger partial charge is 0.322 e. The lowest BCUT2D eigenvalue weighted by atomic mass is 10.1. The molecular formula is C17H14N4O6S. The highest BCUT2D eigenvalue weighted by Crippen LogP contribution is 2.27. The number of nitro benzene ring substituents is 1. The monoisotopic (exact) mass is 402 g/mol. The molecule has 0 radical (unpaired) electrons. The van der Waals surface area contributed by atoms with Gasteiger partial charge in [-0.3, -0.25) is 20.2 Å². The summed E-state index contributed by atoms with van der Waals surface area (Å²) in [7, 11) is -3.53. The summed E-state index contributed by atoms with van der Waals surface area (Å²) in [6, 6.07) is 9.81. The van der Waals surface area contributed by atoms with Crippen molar-refractivity contribution in [2.75, 3.05) is 11.6 Å². The van der Waals surface area contributed by atoms with Gasteiger partial charge in [0, 0.05) is 23.4 Å². The molecule has 3 rings (SSSR count). The van der Waals surface area contributed by atoms with Crippen molar-refractivity contribution in [1.82, 2.24) is 10.2 Å². The van der Waals surface area contributed by atoms with Crippen LogP contribution in [-0.4, -0.2) is 35.7 Å². The van der Waals surface area contributed by atoms with Crippen LogP contribution >= 0.6 is 0 Å². The van der Waals surface area contributed by atoms with Crippen molar-refractivity contribution in [3.05, 3.63) is 63.7 Å². The summed E-state index contributed by atoms with van der Waals surface area (Å²) in [6.45, 7) is 1.56. The van der Waals surface area contributed by atoms with Crippen molar-refractivity contribution < 1.29 is 22.6 Å². The molecule has 0 fully saturated rings. The molecule has 3 aromatic rings. The van der Waals surface area contributed by atoms with E-state index >= 15 is 0 Å². The van der Waals surface area contributed by atoms with Crippen molar-refractivity contribution >= 4 is 27.4 Å². The molecular weight excluding hydrogens is 388 g/mol. The van der Waals surface area contributed by atoms with E-state index in [-0.39, 0.29) is 33.6 Å². The van der Waals surface area contributed by atoms with E-state index in [9.17, 15) is 23.3 Å². The van der Waals surface area contributed by atoms with Crippen LogP contribution in [0, 0.1) is 17.0 Å². The Morgan fingerprint density at radius 3 is 2.57 bits per heavy atom. The number of nitrogens with one attached hydrogen (secondary N) is 1. The number of carbonyl (C=O) groups excluding carboxylic acids is 1. The quantitative estimate of drug-likeness (QED) is 0.506. The molecule has 144 valence electrons. The van der Waals surface area contributed by atoms with Gasteiger partial charge in [-0.1, -0.05) is 23.3 Å². The van der Waals surface area contributed by atoms with Crippen LogP contribution in [0.1, 0.15) is 15.9 Å². The van der Waals surface area contributed by atoms with Crippen LogP contribution in [0.25, 0.3) is 11.5 Å². The Bertz CT molecular complexity index is 1190. The molecule has 0 aliphatic rings. The van der Waals surface area contributed by atoms with E-state index < -0.39 is 20.7 Å². The largest absolute Gasteiger partial charge is 0.403 e. The SMILES string of the molecule is Cc1ccc(C(=O)Nc2nnc(-c3ccccc3S(C)(=O)=O)o2)cc1[N+](=O)[O-]. The molecule has 1 amide bonds. The zero-order valence-electron chi connectivity index (χ0n) is 14.7. The molecule has 28 heavy (non-hydrogen) atoms. The highest BCUT2D eigenvalue weighted by atomic mass is 32.2. The van der Waals surface area contributed by atoms with Crippen LogP contribution < -0.4 is 5.32 Å². The van der Waals surface area contributed by atoms with Crippen molar-refractivity contribution in [1.29, 1.82) is 0 Å². The number of aryl methyl sites for hydroxylation is 1. The van der Waals surface area contributed by atoms with Gasteiger partial charge in [-0.05, 0) is 25.1 Å². The zero-order valence-corrected chi connectivity index (χ0v) is 15.6. The summed E-state index contributed by atoms with van der Waals surface area (Å²) < 4.78 is 29.1. The molecule has 1 heterocycles. The van der Waals surface area contributed by atoms with Crippen LogP contribution in [0.2, 0.25) is 0 Å². The first-order valence-electron chi connectivity index (χ1n) is 7.86. The molecule has 0 bridgehead atoms. The molecule has 2 aromatic carbocycles. The molecule has 0 saturated heterocycles. The Kier molecular flexibility index (Phi) is 4.92. The third kappa shape index (κ3) is 3.88. The normalized spacial score (nSPS) is 11.2. The number of anilines is 1. The maximum absolute atomic E-state index is 12.3. The van der Waals surface area contributed by atoms with Crippen molar-refractivity contribution in [3.63, 3.8) is 0 Å². The number of aromatic nitrogens is 2. The van der Waals surface area contributed by atoms with Crippen LogP contribution in [0.3, 0.4) is 0 Å². The Morgan fingerprint density at radius 2 is 1.89 bits per heavy atom. The Labute approximate surface area is 159 Å². The van der Waals surface area contributed by atoms with Gasteiger partial charge in [0.05, 0.1) is 15.4 Å². The summed E-state index contributed by atoms with van der Waals surface area (Å²) in [5.41, 5.74) is 0.456. The summed E-state index contributed by atoms with van der Waals surface area (Å²) in [6.07, 6.45) is 1.05.